The monoisotopic (exact) mass is 359 g/mol. The summed E-state index contributed by atoms with van der Waals surface area (Å²) < 4.78 is 0. The molecule has 2 aliphatic heterocycles. The third kappa shape index (κ3) is 4.01. The molecule has 0 aromatic heterocycles. The van der Waals surface area contributed by atoms with Crippen LogP contribution in [0.3, 0.4) is 0 Å². The van der Waals surface area contributed by atoms with Crippen LogP contribution in [-0.4, -0.2) is 70.4 Å². The molecule has 1 aromatic carbocycles. The number of aromatic hydroxyl groups is 1. The van der Waals surface area contributed by atoms with E-state index in [1.807, 2.05) is 17.0 Å². The van der Waals surface area contributed by atoms with Crippen LogP contribution in [0.4, 0.5) is 0 Å². The van der Waals surface area contributed by atoms with E-state index in [1.54, 1.807) is 24.1 Å². The van der Waals surface area contributed by atoms with Crippen molar-refractivity contribution in [3.05, 3.63) is 29.8 Å². The molecule has 3 rings (SSSR count). The molecule has 1 aromatic rings. The smallest absolute Gasteiger partial charge is 0.245 e. The van der Waals surface area contributed by atoms with Gasteiger partial charge in [-0.15, -0.1) is 0 Å². The Morgan fingerprint density at radius 2 is 2.00 bits per heavy atom. The van der Waals surface area contributed by atoms with Crippen LogP contribution in [0, 0.1) is 0 Å². The summed E-state index contributed by atoms with van der Waals surface area (Å²) in [5, 5.41) is 9.50. The molecule has 2 saturated heterocycles. The summed E-state index contributed by atoms with van der Waals surface area (Å²) in [6.45, 7) is 5.43. The molecule has 2 unspecified atom stereocenters. The minimum atomic E-state index is -0.351. The van der Waals surface area contributed by atoms with E-state index in [2.05, 4.69) is 11.8 Å². The lowest BCUT2D eigenvalue weighted by atomic mass is 10.1. The Morgan fingerprint density at radius 1 is 1.27 bits per heavy atom. The largest absolute Gasteiger partial charge is 0.508 e. The number of nitrogens with zero attached hydrogens (tertiary/aromatic N) is 3. The maximum absolute atomic E-state index is 13.2. The number of benzene rings is 1. The number of likely N-dealkylation sites (tertiary alicyclic amines) is 2. The molecule has 26 heavy (non-hydrogen) atoms. The van der Waals surface area contributed by atoms with Crippen molar-refractivity contribution < 1.29 is 14.7 Å². The number of carbonyl (C=O) groups is 2. The van der Waals surface area contributed by atoms with Gasteiger partial charge >= 0.3 is 0 Å². The summed E-state index contributed by atoms with van der Waals surface area (Å²) in [6, 6.07) is 7.03. The predicted octanol–water partition coefficient (Wildman–Crippen LogP) is 1.83. The van der Waals surface area contributed by atoms with Gasteiger partial charge in [-0.1, -0.05) is 19.1 Å². The number of likely N-dealkylation sites (N-methyl/N-ethyl adjacent to an activating group) is 2. The van der Waals surface area contributed by atoms with E-state index in [1.165, 1.54) is 6.42 Å². The van der Waals surface area contributed by atoms with Crippen LogP contribution in [0.1, 0.15) is 38.2 Å². The lowest BCUT2D eigenvalue weighted by Crippen LogP contribution is -2.49. The van der Waals surface area contributed by atoms with Crippen molar-refractivity contribution in [2.24, 2.45) is 0 Å². The minimum absolute atomic E-state index is 0.0365. The highest BCUT2D eigenvalue weighted by molar-refractivity contribution is 5.90. The van der Waals surface area contributed by atoms with E-state index >= 15 is 0 Å². The Balaban J connectivity index is 1.77. The van der Waals surface area contributed by atoms with Crippen molar-refractivity contribution in [3.8, 4) is 5.75 Å². The van der Waals surface area contributed by atoms with E-state index in [0.29, 0.717) is 32.0 Å². The number of rotatable bonds is 6. The van der Waals surface area contributed by atoms with Gasteiger partial charge in [-0.25, -0.2) is 0 Å². The van der Waals surface area contributed by atoms with Gasteiger partial charge in [0.2, 0.25) is 11.8 Å². The van der Waals surface area contributed by atoms with Gasteiger partial charge in [-0.05, 0) is 50.0 Å². The van der Waals surface area contributed by atoms with Crippen LogP contribution in [0.25, 0.3) is 0 Å². The summed E-state index contributed by atoms with van der Waals surface area (Å²) in [6.07, 6.45) is 3.32. The van der Waals surface area contributed by atoms with Gasteiger partial charge in [0.1, 0.15) is 11.8 Å². The lowest BCUT2D eigenvalue weighted by molar-refractivity contribution is -0.141. The van der Waals surface area contributed by atoms with Crippen molar-refractivity contribution in [3.63, 3.8) is 0 Å². The second-order valence-corrected chi connectivity index (χ2v) is 7.37. The van der Waals surface area contributed by atoms with E-state index in [0.717, 1.165) is 25.1 Å². The normalized spacial score (nSPS) is 23.6. The Labute approximate surface area is 155 Å². The quantitative estimate of drug-likeness (QED) is 0.842. The zero-order chi connectivity index (χ0) is 18.7. The Hall–Kier alpha value is -2.08. The van der Waals surface area contributed by atoms with Gasteiger partial charge in [0.15, 0.2) is 0 Å². The van der Waals surface area contributed by atoms with E-state index in [4.69, 9.17) is 0 Å². The third-order valence-corrected chi connectivity index (χ3v) is 5.74. The molecular formula is C20H29N3O3. The maximum atomic E-state index is 13.2. The Bertz CT molecular complexity index is 646. The van der Waals surface area contributed by atoms with Crippen molar-refractivity contribution in [1.82, 2.24) is 14.7 Å². The average molecular weight is 359 g/mol. The molecule has 2 heterocycles. The van der Waals surface area contributed by atoms with Crippen LogP contribution >= 0.6 is 0 Å². The molecule has 0 bridgehead atoms. The van der Waals surface area contributed by atoms with Gasteiger partial charge in [-0.3, -0.25) is 14.5 Å². The van der Waals surface area contributed by atoms with Crippen molar-refractivity contribution in [1.29, 1.82) is 0 Å². The first-order valence-electron chi connectivity index (χ1n) is 9.56. The molecule has 1 N–H and O–H groups in total. The fourth-order valence-corrected chi connectivity index (χ4v) is 4.13. The SMILES string of the molecule is CCN1CCCC1CN(Cc1ccc(O)cc1)C(=O)C1CCC(=O)N1C. The molecule has 0 radical (unpaired) electrons. The first-order chi connectivity index (χ1) is 12.5. The van der Waals surface area contributed by atoms with Crippen LogP contribution < -0.4 is 0 Å². The van der Waals surface area contributed by atoms with Crippen molar-refractivity contribution >= 4 is 11.8 Å². The molecule has 6 nitrogen and oxygen atoms in total. The topological polar surface area (TPSA) is 64.1 Å². The fourth-order valence-electron chi connectivity index (χ4n) is 4.13. The predicted molar refractivity (Wildman–Crippen MR) is 99.6 cm³/mol. The number of hydrogen-bond donors (Lipinski definition) is 1. The zero-order valence-corrected chi connectivity index (χ0v) is 15.7. The molecule has 0 spiro atoms. The van der Waals surface area contributed by atoms with Crippen LogP contribution in [-0.2, 0) is 16.1 Å². The molecule has 6 heteroatoms. The molecule has 0 saturated carbocycles. The Morgan fingerprint density at radius 3 is 2.62 bits per heavy atom. The number of hydrogen-bond acceptors (Lipinski definition) is 4. The number of phenols is 1. The van der Waals surface area contributed by atoms with Gasteiger partial charge in [0.25, 0.3) is 0 Å². The molecule has 2 fully saturated rings. The zero-order valence-electron chi connectivity index (χ0n) is 15.7. The van der Waals surface area contributed by atoms with Crippen LogP contribution in [0.5, 0.6) is 5.75 Å². The van der Waals surface area contributed by atoms with Crippen LogP contribution in [0.2, 0.25) is 0 Å². The van der Waals surface area contributed by atoms with Gasteiger partial charge in [0, 0.05) is 32.6 Å². The van der Waals surface area contributed by atoms with E-state index < -0.39 is 0 Å². The summed E-state index contributed by atoms with van der Waals surface area (Å²) in [7, 11) is 1.73. The summed E-state index contributed by atoms with van der Waals surface area (Å²) in [4.78, 5) is 31.0. The number of amides is 2. The number of phenolic OH excluding ortho intramolecular Hbond substituents is 1. The lowest BCUT2D eigenvalue weighted by Gasteiger charge is -2.33. The van der Waals surface area contributed by atoms with Gasteiger partial charge in [-0.2, -0.15) is 0 Å². The number of carbonyl (C=O) groups excluding carboxylic acids is 2. The molecule has 2 aliphatic rings. The second kappa shape index (κ2) is 8.08. The van der Waals surface area contributed by atoms with E-state index in [-0.39, 0.29) is 23.6 Å². The minimum Gasteiger partial charge on any atom is -0.508 e. The summed E-state index contributed by atoms with van der Waals surface area (Å²) in [5.41, 5.74) is 0.990. The highest BCUT2D eigenvalue weighted by Crippen LogP contribution is 2.23. The summed E-state index contributed by atoms with van der Waals surface area (Å²) >= 11 is 0. The van der Waals surface area contributed by atoms with Crippen LogP contribution in [0.15, 0.2) is 24.3 Å². The molecule has 0 aliphatic carbocycles. The molecule has 2 atom stereocenters. The van der Waals surface area contributed by atoms with E-state index in [9.17, 15) is 14.7 Å². The summed E-state index contributed by atoms with van der Waals surface area (Å²) in [5.74, 6) is 0.305. The average Bonchev–Trinajstić information content (AvgIpc) is 3.22. The highest BCUT2D eigenvalue weighted by Gasteiger charge is 2.37. The van der Waals surface area contributed by atoms with Gasteiger partial charge < -0.3 is 14.9 Å². The fraction of sp³-hybridized carbons (Fsp3) is 0.600. The second-order valence-electron chi connectivity index (χ2n) is 7.37. The van der Waals surface area contributed by atoms with Crippen molar-refractivity contribution in [2.75, 3.05) is 26.7 Å². The highest BCUT2D eigenvalue weighted by atomic mass is 16.3. The maximum Gasteiger partial charge on any atom is 0.245 e. The third-order valence-electron chi connectivity index (χ3n) is 5.74. The molecular weight excluding hydrogens is 330 g/mol. The standard InChI is InChI=1S/C20H29N3O3/c1-3-22-12-4-5-16(22)14-23(13-15-6-8-17(24)9-7-15)20(26)18-10-11-19(25)21(18)2/h6-9,16,18,24H,3-5,10-14H2,1-2H3. The molecule has 2 amide bonds. The molecule has 142 valence electrons. The van der Waals surface area contributed by atoms with Crippen molar-refractivity contribution in [2.45, 2.75) is 51.2 Å². The Kier molecular flexibility index (Phi) is 5.81. The first kappa shape index (κ1) is 18.7. The van der Waals surface area contributed by atoms with Gasteiger partial charge in [0.05, 0.1) is 0 Å². The first-order valence-corrected chi connectivity index (χ1v) is 9.56.